The van der Waals surface area contributed by atoms with Crippen LogP contribution in [0.2, 0.25) is 0 Å². The number of thioether (sulfide) groups is 1. The number of amides is 2. The van der Waals surface area contributed by atoms with E-state index in [1.807, 2.05) is 35.7 Å². The van der Waals surface area contributed by atoms with Crippen LogP contribution in [0.25, 0.3) is 0 Å². The van der Waals surface area contributed by atoms with E-state index in [0.29, 0.717) is 11.4 Å². The maximum absolute atomic E-state index is 11.8. The molecular weight excluding hydrogens is 384 g/mol. The Kier molecular flexibility index (Phi) is 6.95. The third-order valence-electron chi connectivity index (χ3n) is 2.65. The Morgan fingerprint density at radius 3 is 2.68 bits per heavy atom. The number of carbonyl (C=O) groups excluding carboxylic acids is 2. The van der Waals surface area contributed by atoms with E-state index in [1.54, 1.807) is 17.4 Å². The van der Waals surface area contributed by atoms with Crippen molar-refractivity contribution in [2.45, 2.75) is 5.75 Å². The van der Waals surface area contributed by atoms with Crippen molar-refractivity contribution in [2.75, 3.05) is 17.6 Å². The van der Waals surface area contributed by atoms with Gasteiger partial charge in [-0.05, 0) is 39.5 Å². The van der Waals surface area contributed by atoms with Crippen LogP contribution >= 0.6 is 39.0 Å². The van der Waals surface area contributed by atoms with E-state index >= 15 is 0 Å². The Labute approximate surface area is 145 Å². The predicted molar refractivity (Wildman–Crippen MR) is 96.3 cm³/mol. The Morgan fingerprint density at radius 2 is 1.95 bits per heavy atom. The van der Waals surface area contributed by atoms with Crippen LogP contribution in [0.15, 0.2) is 46.3 Å². The first-order valence-corrected chi connectivity index (χ1v) is 9.39. The first-order valence-electron chi connectivity index (χ1n) is 6.56. The highest BCUT2D eigenvalue weighted by molar-refractivity contribution is 9.10. The topological polar surface area (TPSA) is 58.2 Å². The maximum atomic E-state index is 11.8. The minimum Gasteiger partial charge on any atom is -0.346 e. The lowest BCUT2D eigenvalue weighted by atomic mass is 10.3. The average Bonchev–Trinajstić information content (AvgIpc) is 3.01. The fraction of sp³-hybridized carbons (Fsp3) is 0.200. The third-order valence-corrected chi connectivity index (χ3v) is 5.38. The summed E-state index contributed by atoms with van der Waals surface area (Å²) >= 11 is 6.56. The van der Waals surface area contributed by atoms with Gasteiger partial charge in [0.05, 0.1) is 18.0 Å². The van der Waals surface area contributed by atoms with Gasteiger partial charge in [-0.3, -0.25) is 9.59 Å². The normalized spacial score (nSPS) is 10.2. The van der Waals surface area contributed by atoms with Crippen molar-refractivity contribution < 1.29 is 9.59 Å². The Balaban J connectivity index is 1.65. The summed E-state index contributed by atoms with van der Waals surface area (Å²) in [6.07, 6.45) is 0. The van der Waals surface area contributed by atoms with Gasteiger partial charge in [-0.15, -0.1) is 23.1 Å². The number of para-hydroxylation sites is 1. The molecule has 0 atom stereocenters. The fourth-order valence-electron chi connectivity index (χ4n) is 1.63. The van der Waals surface area contributed by atoms with E-state index in [4.69, 9.17) is 0 Å². The minimum absolute atomic E-state index is 0.0280. The molecule has 1 aromatic carbocycles. The van der Waals surface area contributed by atoms with Gasteiger partial charge in [0, 0.05) is 15.1 Å². The highest BCUT2D eigenvalue weighted by Gasteiger charge is 2.07. The number of rotatable bonds is 7. The predicted octanol–water partition coefficient (Wildman–Crippen LogP) is 3.50. The summed E-state index contributed by atoms with van der Waals surface area (Å²) in [7, 11) is 0. The first kappa shape index (κ1) is 17.1. The number of nitrogens with one attached hydrogen (secondary N) is 2. The first-order chi connectivity index (χ1) is 10.6. The molecular formula is C15H15BrN2O2S2. The molecule has 7 heteroatoms. The van der Waals surface area contributed by atoms with Crippen LogP contribution in [0.5, 0.6) is 0 Å². The molecule has 1 heterocycles. The summed E-state index contributed by atoms with van der Waals surface area (Å²) in [5.74, 6) is 0.779. The van der Waals surface area contributed by atoms with Gasteiger partial charge in [-0.25, -0.2) is 0 Å². The zero-order valence-electron chi connectivity index (χ0n) is 11.7. The van der Waals surface area contributed by atoms with Gasteiger partial charge in [0.15, 0.2) is 0 Å². The van der Waals surface area contributed by atoms with Crippen molar-refractivity contribution >= 4 is 56.5 Å². The quantitative estimate of drug-likeness (QED) is 0.750. The van der Waals surface area contributed by atoms with Crippen LogP contribution < -0.4 is 10.6 Å². The number of thiophene rings is 1. The molecule has 0 aliphatic carbocycles. The van der Waals surface area contributed by atoms with E-state index < -0.39 is 0 Å². The molecule has 2 rings (SSSR count). The van der Waals surface area contributed by atoms with Crippen LogP contribution in [0.1, 0.15) is 4.88 Å². The summed E-state index contributed by atoms with van der Waals surface area (Å²) in [4.78, 5) is 24.7. The zero-order chi connectivity index (χ0) is 15.8. The largest absolute Gasteiger partial charge is 0.346 e. The van der Waals surface area contributed by atoms with Gasteiger partial charge in [-0.2, -0.15) is 0 Å². The van der Waals surface area contributed by atoms with Crippen LogP contribution in [-0.4, -0.2) is 24.1 Å². The summed E-state index contributed by atoms with van der Waals surface area (Å²) in [6.45, 7) is -0.0280. The molecule has 0 saturated heterocycles. The fourth-order valence-corrected chi connectivity index (χ4v) is 3.71. The number of carbonyl (C=O) groups is 2. The molecule has 0 aliphatic rings. The molecule has 0 fully saturated rings. The summed E-state index contributed by atoms with van der Waals surface area (Å²) in [5.41, 5.74) is 0.689. The molecule has 116 valence electrons. The minimum atomic E-state index is -0.247. The molecule has 2 amide bonds. The van der Waals surface area contributed by atoms with Gasteiger partial charge in [0.2, 0.25) is 11.8 Å². The second-order valence-corrected chi connectivity index (χ2v) is 7.25. The van der Waals surface area contributed by atoms with Crippen molar-refractivity contribution in [1.29, 1.82) is 0 Å². The Morgan fingerprint density at radius 1 is 1.14 bits per heavy atom. The highest BCUT2D eigenvalue weighted by atomic mass is 79.9. The molecule has 0 saturated carbocycles. The van der Waals surface area contributed by atoms with Crippen molar-refractivity contribution in [2.24, 2.45) is 0 Å². The lowest BCUT2D eigenvalue weighted by Gasteiger charge is -2.08. The van der Waals surface area contributed by atoms with Crippen molar-refractivity contribution in [3.8, 4) is 0 Å². The Bertz CT molecular complexity index is 632. The zero-order valence-corrected chi connectivity index (χ0v) is 14.9. The third kappa shape index (κ3) is 5.82. The van der Waals surface area contributed by atoms with Crippen LogP contribution in [0.4, 0.5) is 5.69 Å². The molecule has 2 N–H and O–H groups in total. The lowest BCUT2D eigenvalue weighted by molar-refractivity contribution is -0.122. The van der Waals surface area contributed by atoms with Gasteiger partial charge in [0.25, 0.3) is 0 Å². The van der Waals surface area contributed by atoms with Crippen molar-refractivity contribution in [3.05, 3.63) is 51.1 Å². The van der Waals surface area contributed by atoms with E-state index in [9.17, 15) is 9.59 Å². The van der Waals surface area contributed by atoms with Gasteiger partial charge in [0.1, 0.15) is 0 Å². The summed E-state index contributed by atoms with van der Waals surface area (Å²) in [5, 5.41) is 7.37. The highest BCUT2D eigenvalue weighted by Crippen LogP contribution is 2.20. The molecule has 0 unspecified atom stereocenters. The number of halogens is 1. The van der Waals surface area contributed by atoms with E-state index in [2.05, 4.69) is 26.6 Å². The molecule has 1 aromatic heterocycles. The standard InChI is InChI=1S/C15H15BrN2O2S2/c16-12-5-1-2-6-13(12)18-14(19)8-17-15(20)10-21-9-11-4-3-7-22-11/h1-7H,8-10H2,(H,17,20)(H,18,19). The van der Waals surface area contributed by atoms with Crippen LogP contribution in [0.3, 0.4) is 0 Å². The summed E-state index contributed by atoms with van der Waals surface area (Å²) in [6, 6.07) is 11.4. The van der Waals surface area contributed by atoms with Crippen molar-refractivity contribution in [1.82, 2.24) is 5.32 Å². The Hall–Kier alpha value is -1.31. The van der Waals surface area contributed by atoms with Crippen LogP contribution in [0, 0.1) is 0 Å². The maximum Gasteiger partial charge on any atom is 0.243 e. The summed E-state index contributed by atoms with van der Waals surface area (Å²) < 4.78 is 0.807. The molecule has 0 bridgehead atoms. The molecule has 22 heavy (non-hydrogen) atoms. The molecule has 0 aliphatic heterocycles. The molecule has 0 spiro atoms. The van der Waals surface area contributed by atoms with Gasteiger partial charge in [-0.1, -0.05) is 18.2 Å². The van der Waals surface area contributed by atoms with E-state index in [-0.39, 0.29) is 18.4 Å². The SMILES string of the molecule is O=C(CSCc1cccs1)NCC(=O)Nc1ccccc1Br. The number of anilines is 1. The number of hydrogen-bond donors (Lipinski definition) is 2. The lowest BCUT2D eigenvalue weighted by Crippen LogP contribution is -2.33. The second kappa shape index (κ2) is 8.97. The van der Waals surface area contributed by atoms with Crippen molar-refractivity contribution in [3.63, 3.8) is 0 Å². The van der Waals surface area contributed by atoms with Crippen LogP contribution in [-0.2, 0) is 15.3 Å². The molecule has 4 nitrogen and oxygen atoms in total. The molecule has 2 aromatic rings. The monoisotopic (exact) mass is 398 g/mol. The van der Waals surface area contributed by atoms with E-state index in [0.717, 1.165) is 10.2 Å². The molecule has 0 radical (unpaired) electrons. The van der Waals surface area contributed by atoms with Gasteiger partial charge < -0.3 is 10.6 Å². The second-order valence-electron chi connectivity index (χ2n) is 4.38. The van der Waals surface area contributed by atoms with E-state index in [1.165, 1.54) is 16.6 Å². The average molecular weight is 399 g/mol. The number of hydrogen-bond acceptors (Lipinski definition) is 4. The number of benzene rings is 1. The van der Waals surface area contributed by atoms with Gasteiger partial charge >= 0.3 is 0 Å². The smallest absolute Gasteiger partial charge is 0.243 e.